The maximum absolute atomic E-state index is 12.5. The number of hydrogen-bond acceptors (Lipinski definition) is 6. The van der Waals surface area contributed by atoms with E-state index in [1.165, 1.54) is 13.3 Å². The molecule has 0 unspecified atom stereocenters. The molecule has 1 N–H and O–H groups in total. The second-order valence-electron chi connectivity index (χ2n) is 4.50. The normalized spacial score (nSPS) is 11.4. The van der Waals surface area contributed by atoms with Crippen LogP contribution in [-0.2, 0) is 10.0 Å². The molecule has 0 amide bonds. The van der Waals surface area contributed by atoms with Crippen molar-refractivity contribution in [3.63, 3.8) is 0 Å². The van der Waals surface area contributed by atoms with Crippen LogP contribution in [0.5, 0.6) is 5.88 Å². The topological polar surface area (TPSA) is 94.1 Å². The lowest BCUT2D eigenvalue weighted by molar-refractivity contribution is 0.391. The van der Waals surface area contributed by atoms with Gasteiger partial charge in [-0.1, -0.05) is 23.7 Å². The number of nitrogens with one attached hydrogen (secondary N) is 1. The number of anilines is 1. The molecule has 9 heteroatoms. The van der Waals surface area contributed by atoms with E-state index in [2.05, 4.69) is 19.7 Å². The van der Waals surface area contributed by atoms with Crippen LogP contribution in [0.15, 0.2) is 47.9 Å². The van der Waals surface area contributed by atoms with Crippen LogP contribution in [0.4, 0.5) is 5.69 Å². The molecule has 0 spiro atoms. The van der Waals surface area contributed by atoms with Crippen LogP contribution in [0, 0.1) is 0 Å². The summed E-state index contributed by atoms with van der Waals surface area (Å²) in [6.07, 6.45) is 3.99. The van der Waals surface area contributed by atoms with Gasteiger partial charge in [0, 0.05) is 11.6 Å². The summed E-state index contributed by atoms with van der Waals surface area (Å²) in [7, 11) is -2.61. The van der Waals surface area contributed by atoms with E-state index in [9.17, 15) is 8.42 Å². The lowest BCUT2D eigenvalue weighted by atomic mass is 10.2. The number of fused-ring (bicyclic) bond motifs is 1. The van der Waals surface area contributed by atoms with E-state index in [1.54, 1.807) is 24.4 Å². The van der Waals surface area contributed by atoms with Gasteiger partial charge in [-0.25, -0.2) is 0 Å². The molecule has 1 aromatic carbocycles. The summed E-state index contributed by atoms with van der Waals surface area (Å²) in [5, 5.41) is 0.711. The number of methoxy groups -OCH3 is 1. The molecule has 0 atom stereocenters. The highest BCUT2D eigenvalue weighted by Gasteiger charge is 2.20. The lowest BCUT2D eigenvalue weighted by Crippen LogP contribution is -2.16. The second-order valence-corrected chi connectivity index (χ2v) is 6.54. The molecule has 0 bridgehead atoms. The molecule has 2 aromatic heterocycles. The molecular formula is C14H11ClN4O3S. The maximum Gasteiger partial charge on any atom is 0.281 e. The van der Waals surface area contributed by atoms with Crippen LogP contribution in [0.1, 0.15) is 0 Å². The van der Waals surface area contributed by atoms with E-state index < -0.39 is 10.0 Å². The average Bonchev–Trinajstić information content (AvgIpc) is 2.57. The fourth-order valence-electron chi connectivity index (χ4n) is 1.96. The zero-order chi connectivity index (χ0) is 16.4. The number of sulfonamides is 1. The molecule has 118 valence electrons. The highest BCUT2D eigenvalue weighted by Crippen LogP contribution is 2.31. The Morgan fingerprint density at radius 3 is 2.83 bits per heavy atom. The minimum absolute atomic E-state index is 0.0926. The van der Waals surface area contributed by atoms with E-state index in [0.717, 1.165) is 11.6 Å². The van der Waals surface area contributed by atoms with Gasteiger partial charge in [-0.2, -0.15) is 13.4 Å². The minimum Gasteiger partial charge on any atom is -0.480 e. The van der Waals surface area contributed by atoms with Crippen molar-refractivity contribution in [3.8, 4) is 5.88 Å². The summed E-state index contributed by atoms with van der Waals surface area (Å²) < 4.78 is 32.3. The fraction of sp³-hybridized carbons (Fsp3) is 0.0714. The molecule has 0 radical (unpaired) electrons. The summed E-state index contributed by atoms with van der Waals surface area (Å²) >= 11 is 6.13. The van der Waals surface area contributed by atoms with E-state index >= 15 is 0 Å². The van der Waals surface area contributed by atoms with Crippen LogP contribution in [0.25, 0.3) is 10.9 Å². The monoisotopic (exact) mass is 350 g/mol. The van der Waals surface area contributed by atoms with Gasteiger partial charge in [0.1, 0.15) is 0 Å². The number of rotatable bonds is 4. The Hall–Kier alpha value is -2.45. The van der Waals surface area contributed by atoms with Crippen molar-refractivity contribution in [1.82, 2.24) is 15.0 Å². The predicted octanol–water partition coefficient (Wildman–Crippen LogP) is 2.49. The zero-order valence-electron chi connectivity index (χ0n) is 11.9. The Morgan fingerprint density at radius 1 is 1.22 bits per heavy atom. The number of aromatic nitrogens is 3. The number of benzene rings is 1. The van der Waals surface area contributed by atoms with E-state index in [0.29, 0.717) is 5.52 Å². The molecule has 3 aromatic rings. The van der Waals surface area contributed by atoms with E-state index in [-0.39, 0.29) is 21.6 Å². The average molecular weight is 351 g/mol. The van der Waals surface area contributed by atoms with Crippen molar-refractivity contribution in [3.05, 3.63) is 47.9 Å². The van der Waals surface area contributed by atoms with Gasteiger partial charge in [0.25, 0.3) is 10.0 Å². The van der Waals surface area contributed by atoms with Gasteiger partial charge in [0.05, 0.1) is 35.7 Å². The molecule has 0 aliphatic carbocycles. The van der Waals surface area contributed by atoms with Crippen molar-refractivity contribution in [2.45, 2.75) is 5.03 Å². The maximum atomic E-state index is 12.5. The van der Waals surface area contributed by atoms with Gasteiger partial charge in [-0.3, -0.25) is 14.7 Å². The molecule has 0 saturated heterocycles. The van der Waals surface area contributed by atoms with Crippen molar-refractivity contribution < 1.29 is 13.2 Å². The van der Waals surface area contributed by atoms with Crippen LogP contribution in [-0.4, -0.2) is 30.5 Å². The Bertz CT molecular complexity index is 979. The highest BCUT2D eigenvalue weighted by molar-refractivity contribution is 7.92. The Kier molecular flexibility index (Phi) is 4.01. The first-order valence-corrected chi connectivity index (χ1v) is 8.29. The zero-order valence-corrected chi connectivity index (χ0v) is 13.5. The third-order valence-electron chi connectivity index (χ3n) is 3.04. The molecule has 0 aliphatic rings. The van der Waals surface area contributed by atoms with Crippen LogP contribution in [0.2, 0.25) is 5.02 Å². The predicted molar refractivity (Wildman–Crippen MR) is 86.1 cm³/mol. The van der Waals surface area contributed by atoms with Gasteiger partial charge in [0.2, 0.25) is 5.88 Å². The summed E-state index contributed by atoms with van der Waals surface area (Å²) in [6, 6.07) is 6.92. The third-order valence-corrected chi connectivity index (χ3v) is 4.57. The smallest absolute Gasteiger partial charge is 0.281 e. The van der Waals surface area contributed by atoms with Crippen molar-refractivity contribution in [1.29, 1.82) is 0 Å². The molecule has 0 saturated carbocycles. The first-order valence-electron chi connectivity index (χ1n) is 6.43. The largest absolute Gasteiger partial charge is 0.480 e. The van der Waals surface area contributed by atoms with E-state index in [1.807, 2.05) is 6.07 Å². The summed E-state index contributed by atoms with van der Waals surface area (Å²) in [5.41, 5.74) is 0.633. The first kappa shape index (κ1) is 15.4. The van der Waals surface area contributed by atoms with Gasteiger partial charge < -0.3 is 4.74 Å². The van der Waals surface area contributed by atoms with Crippen LogP contribution in [0.3, 0.4) is 0 Å². The Labute approximate surface area is 137 Å². The molecule has 3 rings (SSSR count). The Balaban J connectivity index is 2.09. The number of halogens is 1. The van der Waals surface area contributed by atoms with Gasteiger partial charge in [0.15, 0.2) is 5.03 Å². The number of nitrogens with zero attached hydrogens (tertiary/aromatic N) is 3. The number of pyridine rings is 1. The molecular weight excluding hydrogens is 340 g/mol. The molecule has 23 heavy (non-hydrogen) atoms. The number of hydrogen-bond donors (Lipinski definition) is 1. The summed E-state index contributed by atoms with van der Waals surface area (Å²) in [5.74, 6) is 0.0926. The van der Waals surface area contributed by atoms with Crippen molar-refractivity contribution in [2.24, 2.45) is 0 Å². The van der Waals surface area contributed by atoms with Gasteiger partial charge >= 0.3 is 0 Å². The summed E-state index contributed by atoms with van der Waals surface area (Å²) in [4.78, 5) is 11.8. The quantitative estimate of drug-likeness (QED) is 0.776. The van der Waals surface area contributed by atoms with Crippen LogP contribution >= 0.6 is 11.6 Å². The second kappa shape index (κ2) is 5.98. The SMILES string of the molecule is COc1cncc(S(=O)(=O)Nc2c(Cl)ccc3cccnc23)n1. The molecule has 7 nitrogen and oxygen atoms in total. The minimum atomic E-state index is -3.99. The fourth-order valence-corrected chi connectivity index (χ4v) is 3.21. The Morgan fingerprint density at radius 2 is 2.04 bits per heavy atom. The van der Waals surface area contributed by atoms with Crippen LogP contribution < -0.4 is 9.46 Å². The highest BCUT2D eigenvalue weighted by atomic mass is 35.5. The molecule has 2 heterocycles. The lowest BCUT2D eigenvalue weighted by Gasteiger charge is -2.11. The summed E-state index contributed by atoms with van der Waals surface area (Å²) in [6.45, 7) is 0. The standard InChI is InChI=1S/C14H11ClN4O3S/c1-22-11-7-16-8-12(18-11)23(20,21)19-14-10(15)5-4-9-3-2-6-17-13(9)14/h2-8,19H,1H3. The molecule has 0 aliphatic heterocycles. The van der Waals surface area contributed by atoms with Crippen molar-refractivity contribution >= 4 is 38.2 Å². The number of ether oxygens (including phenoxy) is 1. The first-order chi connectivity index (χ1) is 11.0. The van der Waals surface area contributed by atoms with Gasteiger partial charge in [-0.05, 0) is 12.1 Å². The molecule has 0 fully saturated rings. The van der Waals surface area contributed by atoms with Crippen molar-refractivity contribution in [2.75, 3.05) is 11.8 Å². The van der Waals surface area contributed by atoms with Gasteiger partial charge in [-0.15, -0.1) is 0 Å². The van der Waals surface area contributed by atoms with E-state index in [4.69, 9.17) is 16.3 Å². The third kappa shape index (κ3) is 3.03.